The molecule has 1 saturated heterocycles. The van der Waals surface area contributed by atoms with E-state index in [0.717, 1.165) is 18.7 Å². The number of carbonyl (C=O) groups excluding carboxylic acids is 1. The Morgan fingerprint density at radius 3 is 2.41 bits per heavy atom. The summed E-state index contributed by atoms with van der Waals surface area (Å²) in [5.74, 6) is -0.255. The van der Waals surface area contributed by atoms with Crippen molar-refractivity contribution >= 4 is 18.3 Å². The third kappa shape index (κ3) is 5.55. The second-order valence-corrected chi connectivity index (χ2v) is 6.00. The lowest BCUT2D eigenvalue weighted by atomic mass is 10.1. The quantitative estimate of drug-likeness (QED) is 0.889. The van der Waals surface area contributed by atoms with Gasteiger partial charge in [-0.05, 0) is 38.5 Å². The standard InChI is InChI=1S/C16H24FN3O.ClH/c1-11-8-20(9-12(2)18-11)10-16(21)19-13(3)14-4-6-15(17)7-5-14;/h4-7,11-13,18H,8-10H2,1-3H3,(H,19,21);1H. The van der Waals surface area contributed by atoms with Crippen molar-refractivity contribution in [2.75, 3.05) is 19.6 Å². The molecule has 4 nitrogen and oxygen atoms in total. The molecule has 6 heteroatoms. The maximum atomic E-state index is 12.9. The molecule has 22 heavy (non-hydrogen) atoms. The van der Waals surface area contributed by atoms with Gasteiger partial charge in [-0.25, -0.2) is 4.39 Å². The van der Waals surface area contributed by atoms with Gasteiger partial charge in [-0.15, -0.1) is 12.4 Å². The van der Waals surface area contributed by atoms with Crippen LogP contribution in [0.3, 0.4) is 0 Å². The fourth-order valence-corrected chi connectivity index (χ4v) is 2.89. The van der Waals surface area contributed by atoms with Crippen LogP contribution < -0.4 is 10.6 Å². The summed E-state index contributed by atoms with van der Waals surface area (Å²) >= 11 is 0. The minimum absolute atomic E-state index is 0. The molecule has 3 unspecified atom stereocenters. The molecule has 1 fully saturated rings. The molecule has 0 saturated carbocycles. The second kappa shape index (κ2) is 8.46. The molecule has 0 bridgehead atoms. The van der Waals surface area contributed by atoms with Crippen LogP contribution in [0, 0.1) is 5.82 Å². The van der Waals surface area contributed by atoms with Crippen LogP contribution in [0.1, 0.15) is 32.4 Å². The number of hydrogen-bond donors (Lipinski definition) is 2. The van der Waals surface area contributed by atoms with Gasteiger partial charge in [0.1, 0.15) is 5.82 Å². The number of carbonyl (C=O) groups is 1. The van der Waals surface area contributed by atoms with Crippen LogP contribution >= 0.6 is 12.4 Å². The zero-order valence-corrected chi connectivity index (χ0v) is 14.1. The Balaban J connectivity index is 0.00000242. The average molecular weight is 330 g/mol. The maximum absolute atomic E-state index is 12.9. The molecule has 2 N–H and O–H groups in total. The number of piperazine rings is 1. The molecular weight excluding hydrogens is 305 g/mol. The van der Waals surface area contributed by atoms with Gasteiger partial charge in [-0.1, -0.05) is 12.1 Å². The number of rotatable bonds is 4. The van der Waals surface area contributed by atoms with E-state index in [1.807, 2.05) is 6.92 Å². The number of halogens is 2. The first-order chi connectivity index (χ1) is 9.94. The van der Waals surface area contributed by atoms with Gasteiger partial charge in [0.15, 0.2) is 0 Å². The van der Waals surface area contributed by atoms with Crippen molar-refractivity contribution in [3.63, 3.8) is 0 Å². The van der Waals surface area contributed by atoms with Gasteiger partial charge in [0, 0.05) is 25.2 Å². The number of nitrogens with zero attached hydrogens (tertiary/aromatic N) is 1. The molecule has 1 aromatic carbocycles. The molecule has 1 amide bonds. The highest BCUT2D eigenvalue weighted by Crippen LogP contribution is 2.13. The van der Waals surface area contributed by atoms with Gasteiger partial charge in [0.25, 0.3) is 0 Å². The second-order valence-electron chi connectivity index (χ2n) is 6.00. The normalized spacial score (nSPS) is 23.5. The van der Waals surface area contributed by atoms with Gasteiger partial charge in [-0.2, -0.15) is 0 Å². The Hall–Kier alpha value is -1.17. The highest BCUT2D eigenvalue weighted by atomic mass is 35.5. The zero-order valence-electron chi connectivity index (χ0n) is 13.3. The van der Waals surface area contributed by atoms with E-state index in [-0.39, 0.29) is 30.2 Å². The minimum atomic E-state index is -0.263. The lowest BCUT2D eigenvalue weighted by molar-refractivity contribution is -0.123. The SMILES string of the molecule is CC1CN(CC(=O)NC(C)c2ccc(F)cc2)CC(C)N1.Cl. The zero-order chi connectivity index (χ0) is 15.4. The largest absolute Gasteiger partial charge is 0.348 e. The van der Waals surface area contributed by atoms with Crippen molar-refractivity contribution in [3.05, 3.63) is 35.6 Å². The Morgan fingerprint density at radius 2 is 1.86 bits per heavy atom. The van der Waals surface area contributed by atoms with Crippen molar-refractivity contribution in [2.45, 2.75) is 38.9 Å². The molecule has 1 aliphatic heterocycles. The summed E-state index contributed by atoms with van der Waals surface area (Å²) < 4.78 is 12.9. The summed E-state index contributed by atoms with van der Waals surface area (Å²) in [5, 5.41) is 6.41. The Morgan fingerprint density at radius 1 is 1.32 bits per heavy atom. The summed E-state index contributed by atoms with van der Waals surface area (Å²) in [4.78, 5) is 14.3. The fourth-order valence-electron chi connectivity index (χ4n) is 2.89. The summed E-state index contributed by atoms with van der Waals surface area (Å²) in [6.45, 7) is 8.32. The van der Waals surface area contributed by atoms with Crippen molar-refractivity contribution in [1.29, 1.82) is 0 Å². The van der Waals surface area contributed by atoms with E-state index in [1.165, 1.54) is 12.1 Å². The van der Waals surface area contributed by atoms with Crippen LogP contribution in [-0.4, -0.2) is 42.5 Å². The first-order valence-corrected chi connectivity index (χ1v) is 7.47. The van der Waals surface area contributed by atoms with Gasteiger partial charge in [0.05, 0.1) is 12.6 Å². The summed E-state index contributed by atoms with van der Waals surface area (Å²) in [7, 11) is 0. The molecule has 1 aromatic rings. The molecule has 3 atom stereocenters. The van der Waals surface area contributed by atoms with E-state index in [4.69, 9.17) is 0 Å². The smallest absolute Gasteiger partial charge is 0.234 e. The van der Waals surface area contributed by atoms with Crippen LogP contribution in [0.4, 0.5) is 4.39 Å². The van der Waals surface area contributed by atoms with E-state index in [9.17, 15) is 9.18 Å². The topological polar surface area (TPSA) is 44.4 Å². The summed E-state index contributed by atoms with van der Waals surface area (Å²) in [5.41, 5.74) is 0.909. The predicted molar refractivity (Wildman–Crippen MR) is 88.7 cm³/mol. The van der Waals surface area contributed by atoms with E-state index < -0.39 is 0 Å². The van der Waals surface area contributed by atoms with Crippen LogP contribution in [0.5, 0.6) is 0 Å². The van der Waals surface area contributed by atoms with E-state index in [1.54, 1.807) is 12.1 Å². The van der Waals surface area contributed by atoms with E-state index >= 15 is 0 Å². The van der Waals surface area contributed by atoms with Crippen molar-refractivity contribution in [1.82, 2.24) is 15.5 Å². The van der Waals surface area contributed by atoms with Gasteiger partial charge >= 0.3 is 0 Å². The molecular formula is C16H25ClFN3O. The maximum Gasteiger partial charge on any atom is 0.234 e. The molecule has 0 radical (unpaired) electrons. The Bertz CT molecular complexity index is 473. The first-order valence-electron chi connectivity index (χ1n) is 7.47. The van der Waals surface area contributed by atoms with Crippen LogP contribution in [0.2, 0.25) is 0 Å². The van der Waals surface area contributed by atoms with Crippen molar-refractivity contribution in [2.24, 2.45) is 0 Å². The summed E-state index contributed by atoms with van der Waals surface area (Å²) in [6, 6.07) is 6.92. The van der Waals surface area contributed by atoms with Crippen molar-refractivity contribution < 1.29 is 9.18 Å². The minimum Gasteiger partial charge on any atom is -0.348 e. The van der Waals surface area contributed by atoms with Gasteiger partial charge in [-0.3, -0.25) is 9.69 Å². The predicted octanol–water partition coefficient (Wildman–Crippen LogP) is 2.11. The monoisotopic (exact) mass is 329 g/mol. The van der Waals surface area contributed by atoms with Crippen LogP contribution in [-0.2, 0) is 4.79 Å². The summed E-state index contributed by atoms with van der Waals surface area (Å²) in [6.07, 6.45) is 0. The third-order valence-corrected chi connectivity index (χ3v) is 3.75. The highest BCUT2D eigenvalue weighted by Gasteiger charge is 2.23. The van der Waals surface area contributed by atoms with Crippen LogP contribution in [0.15, 0.2) is 24.3 Å². The Labute approximate surface area is 137 Å². The average Bonchev–Trinajstić information content (AvgIpc) is 2.37. The fraction of sp³-hybridized carbons (Fsp3) is 0.562. The van der Waals surface area contributed by atoms with Crippen LogP contribution in [0.25, 0.3) is 0 Å². The lowest BCUT2D eigenvalue weighted by Crippen LogP contribution is -2.56. The number of benzene rings is 1. The van der Waals surface area contributed by atoms with E-state index in [2.05, 4.69) is 29.4 Å². The third-order valence-electron chi connectivity index (χ3n) is 3.75. The number of amides is 1. The highest BCUT2D eigenvalue weighted by molar-refractivity contribution is 5.85. The number of nitrogens with one attached hydrogen (secondary N) is 2. The van der Waals surface area contributed by atoms with Gasteiger partial charge in [0.2, 0.25) is 5.91 Å². The Kier molecular flexibility index (Phi) is 7.26. The molecule has 124 valence electrons. The molecule has 0 aromatic heterocycles. The first kappa shape index (κ1) is 18.9. The number of hydrogen-bond acceptors (Lipinski definition) is 3. The van der Waals surface area contributed by atoms with Crippen molar-refractivity contribution in [3.8, 4) is 0 Å². The molecule has 1 aliphatic rings. The molecule has 0 spiro atoms. The van der Waals surface area contributed by atoms with E-state index in [0.29, 0.717) is 18.6 Å². The molecule has 0 aliphatic carbocycles. The lowest BCUT2D eigenvalue weighted by Gasteiger charge is -2.35. The van der Waals surface area contributed by atoms with Gasteiger partial charge < -0.3 is 10.6 Å². The molecule has 2 rings (SSSR count). The molecule has 1 heterocycles.